The van der Waals surface area contributed by atoms with Crippen LogP contribution in [0.2, 0.25) is 0 Å². The third kappa shape index (κ3) is 5.42. The van der Waals surface area contributed by atoms with E-state index in [1.54, 1.807) is 7.11 Å². The van der Waals surface area contributed by atoms with E-state index in [2.05, 4.69) is 22.5 Å². The molecular formula is C26H38N4O5. The van der Waals surface area contributed by atoms with E-state index < -0.39 is 0 Å². The summed E-state index contributed by atoms with van der Waals surface area (Å²) in [6.07, 6.45) is 4.91. The maximum absolute atomic E-state index is 13.5. The highest BCUT2D eigenvalue weighted by Gasteiger charge is 2.46. The maximum atomic E-state index is 13.5. The summed E-state index contributed by atoms with van der Waals surface area (Å²) in [6, 6.07) is 7.62. The lowest BCUT2D eigenvalue weighted by Crippen LogP contribution is -2.57. The molecule has 3 amide bonds. The molecule has 9 heteroatoms. The number of piperidine rings is 1. The summed E-state index contributed by atoms with van der Waals surface area (Å²) in [6.45, 7) is 5.58. The number of hydrogen-bond donors (Lipinski definition) is 2. The van der Waals surface area contributed by atoms with Gasteiger partial charge in [0.05, 0.1) is 25.2 Å². The van der Waals surface area contributed by atoms with Crippen LogP contribution in [0.1, 0.15) is 39.0 Å². The molecule has 0 radical (unpaired) electrons. The number of fused-ring (bicyclic) bond motifs is 2. The number of anilines is 1. The number of methoxy groups -OCH3 is 1. The molecule has 0 aromatic heterocycles. The fraction of sp³-hybridized carbons (Fsp3) is 0.692. The van der Waals surface area contributed by atoms with Crippen molar-refractivity contribution in [3.63, 3.8) is 0 Å². The Balaban J connectivity index is 1.28. The molecule has 9 nitrogen and oxygen atoms in total. The Kier molecular flexibility index (Phi) is 7.45. The van der Waals surface area contributed by atoms with Gasteiger partial charge in [-0.15, -0.1) is 0 Å². The van der Waals surface area contributed by atoms with E-state index in [4.69, 9.17) is 14.2 Å². The van der Waals surface area contributed by atoms with Crippen LogP contribution in [0.4, 0.5) is 10.5 Å². The standard InChI is InChI=1S/C26H38N4O5/c1-3-29-10-4-5-20(29)15-30(26(32)27-19-6-8-21(33-2)9-7-19)14-18-11-17-12-23-24(35-16-34-23)13-22(17)28-25(18)31/h6-9,17-18,20,22-24H,3-5,10-16H2,1-2H3,(H,27,32)(H,28,31). The van der Waals surface area contributed by atoms with Gasteiger partial charge >= 0.3 is 6.03 Å². The molecule has 0 spiro atoms. The fourth-order valence-electron chi connectivity index (χ4n) is 6.30. The van der Waals surface area contributed by atoms with E-state index in [0.717, 1.165) is 50.9 Å². The zero-order valence-electron chi connectivity index (χ0n) is 20.8. The predicted molar refractivity (Wildman–Crippen MR) is 131 cm³/mol. The molecule has 6 atom stereocenters. The third-order valence-electron chi connectivity index (χ3n) is 8.26. The van der Waals surface area contributed by atoms with E-state index in [9.17, 15) is 9.59 Å². The SMILES string of the molecule is CCN1CCCC1CN(CC1CC2CC3OCOC3CC2NC1=O)C(=O)Nc1ccc(OC)cc1. The molecule has 1 aliphatic carbocycles. The number of benzene rings is 1. The number of likely N-dealkylation sites (tertiary alicyclic amines) is 1. The van der Waals surface area contributed by atoms with Gasteiger partial charge in [0.15, 0.2) is 0 Å². The van der Waals surface area contributed by atoms with Crippen LogP contribution in [-0.2, 0) is 14.3 Å². The molecule has 4 aliphatic rings. The summed E-state index contributed by atoms with van der Waals surface area (Å²) in [7, 11) is 1.62. The highest BCUT2D eigenvalue weighted by Crippen LogP contribution is 2.38. The topological polar surface area (TPSA) is 92.4 Å². The summed E-state index contributed by atoms with van der Waals surface area (Å²) in [4.78, 5) is 30.9. The summed E-state index contributed by atoms with van der Waals surface area (Å²) in [5.74, 6) is 0.910. The van der Waals surface area contributed by atoms with Gasteiger partial charge in [-0.05, 0) is 75.4 Å². The van der Waals surface area contributed by atoms with Crippen LogP contribution in [0.3, 0.4) is 0 Å². The van der Waals surface area contributed by atoms with Crippen molar-refractivity contribution in [3.8, 4) is 5.75 Å². The highest BCUT2D eigenvalue weighted by molar-refractivity contribution is 5.90. The normalized spacial score (nSPS) is 32.5. The average Bonchev–Trinajstić information content (AvgIpc) is 3.51. The van der Waals surface area contributed by atoms with Gasteiger partial charge in [0.2, 0.25) is 5.91 Å². The van der Waals surface area contributed by atoms with Crippen LogP contribution in [0.5, 0.6) is 5.75 Å². The van der Waals surface area contributed by atoms with E-state index >= 15 is 0 Å². The van der Waals surface area contributed by atoms with Crippen molar-refractivity contribution in [3.05, 3.63) is 24.3 Å². The number of carbonyl (C=O) groups excluding carboxylic acids is 2. The van der Waals surface area contributed by atoms with Crippen molar-refractivity contribution in [1.29, 1.82) is 0 Å². The minimum atomic E-state index is -0.229. The first-order valence-electron chi connectivity index (χ1n) is 13.0. The summed E-state index contributed by atoms with van der Waals surface area (Å²) in [5.41, 5.74) is 0.712. The van der Waals surface area contributed by atoms with Crippen LogP contribution in [0.25, 0.3) is 0 Å². The quantitative estimate of drug-likeness (QED) is 0.616. The summed E-state index contributed by atoms with van der Waals surface area (Å²) < 4.78 is 16.7. The summed E-state index contributed by atoms with van der Waals surface area (Å²) >= 11 is 0. The Morgan fingerprint density at radius 2 is 1.94 bits per heavy atom. The molecule has 0 bridgehead atoms. The van der Waals surface area contributed by atoms with Crippen LogP contribution in [0.15, 0.2) is 24.3 Å². The molecule has 5 rings (SSSR count). The predicted octanol–water partition coefficient (Wildman–Crippen LogP) is 2.67. The molecule has 3 heterocycles. The number of amides is 3. The molecule has 2 N–H and O–H groups in total. The lowest BCUT2D eigenvalue weighted by molar-refractivity contribution is -0.131. The fourth-order valence-corrected chi connectivity index (χ4v) is 6.30. The minimum Gasteiger partial charge on any atom is -0.497 e. The summed E-state index contributed by atoms with van der Waals surface area (Å²) in [5, 5.41) is 6.28. The minimum absolute atomic E-state index is 0.0460. The number of nitrogens with one attached hydrogen (secondary N) is 2. The first kappa shape index (κ1) is 24.3. The van der Waals surface area contributed by atoms with E-state index in [1.165, 1.54) is 0 Å². The van der Waals surface area contributed by atoms with Crippen molar-refractivity contribution in [1.82, 2.24) is 15.1 Å². The van der Waals surface area contributed by atoms with Crippen molar-refractivity contribution in [2.45, 2.75) is 63.3 Å². The zero-order chi connectivity index (χ0) is 24.4. The number of urea groups is 1. The van der Waals surface area contributed by atoms with Crippen molar-refractivity contribution in [2.75, 3.05) is 45.4 Å². The first-order chi connectivity index (χ1) is 17.0. The van der Waals surface area contributed by atoms with Crippen molar-refractivity contribution in [2.24, 2.45) is 11.8 Å². The van der Waals surface area contributed by atoms with Gasteiger partial charge in [0.25, 0.3) is 0 Å². The smallest absolute Gasteiger partial charge is 0.321 e. The van der Waals surface area contributed by atoms with E-state index in [0.29, 0.717) is 37.5 Å². The molecule has 4 fully saturated rings. The zero-order valence-corrected chi connectivity index (χ0v) is 20.8. The van der Waals surface area contributed by atoms with Crippen molar-refractivity contribution < 1.29 is 23.8 Å². The first-order valence-corrected chi connectivity index (χ1v) is 13.0. The lowest BCUT2D eigenvalue weighted by Gasteiger charge is -2.43. The number of ether oxygens (including phenoxy) is 3. The van der Waals surface area contributed by atoms with Gasteiger partial charge in [-0.1, -0.05) is 6.92 Å². The molecule has 192 valence electrons. The van der Waals surface area contributed by atoms with Crippen LogP contribution < -0.4 is 15.4 Å². The highest BCUT2D eigenvalue weighted by atomic mass is 16.7. The van der Waals surface area contributed by atoms with Gasteiger partial charge in [-0.25, -0.2) is 4.79 Å². The Bertz CT molecular complexity index is 896. The Morgan fingerprint density at radius 3 is 2.69 bits per heavy atom. The molecule has 35 heavy (non-hydrogen) atoms. The second-order valence-electron chi connectivity index (χ2n) is 10.3. The van der Waals surface area contributed by atoms with Crippen molar-refractivity contribution >= 4 is 17.6 Å². The average molecular weight is 487 g/mol. The van der Waals surface area contributed by atoms with Gasteiger partial charge < -0.3 is 29.7 Å². The Labute approximate surface area is 207 Å². The monoisotopic (exact) mass is 486 g/mol. The van der Waals surface area contributed by atoms with Gasteiger partial charge in [0.1, 0.15) is 12.5 Å². The number of carbonyl (C=O) groups is 2. The van der Waals surface area contributed by atoms with Crippen LogP contribution in [-0.4, -0.2) is 86.1 Å². The molecule has 1 aromatic rings. The van der Waals surface area contributed by atoms with Gasteiger partial charge in [-0.2, -0.15) is 0 Å². The molecule has 3 aliphatic heterocycles. The largest absolute Gasteiger partial charge is 0.497 e. The number of rotatable bonds is 7. The van der Waals surface area contributed by atoms with Gasteiger partial charge in [-0.3, -0.25) is 9.69 Å². The number of hydrogen-bond acceptors (Lipinski definition) is 6. The Hall–Kier alpha value is -2.36. The Morgan fingerprint density at radius 1 is 1.17 bits per heavy atom. The third-order valence-corrected chi connectivity index (χ3v) is 8.26. The van der Waals surface area contributed by atoms with Gasteiger partial charge in [0, 0.05) is 30.9 Å². The molecule has 6 unspecified atom stereocenters. The second-order valence-corrected chi connectivity index (χ2v) is 10.3. The van der Waals surface area contributed by atoms with Crippen LogP contribution >= 0.6 is 0 Å². The lowest BCUT2D eigenvalue weighted by atomic mass is 9.73. The number of likely N-dealkylation sites (N-methyl/N-ethyl adjacent to an activating group) is 1. The molecular weight excluding hydrogens is 448 g/mol. The van der Waals surface area contributed by atoms with E-state index in [-0.39, 0.29) is 36.1 Å². The molecule has 3 saturated heterocycles. The maximum Gasteiger partial charge on any atom is 0.321 e. The number of nitrogens with zero attached hydrogens (tertiary/aromatic N) is 2. The second kappa shape index (κ2) is 10.7. The molecule has 1 aromatic carbocycles. The van der Waals surface area contributed by atoms with E-state index in [1.807, 2.05) is 29.2 Å². The molecule has 1 saturated carbocycles. The van der Waals surface area contributed by atoms with Crippen LogP contribution in [0, 0.1) is 11.8 Å².